The lowest BCUT2D eigenvalue weighted by atomic mass is 10.2. The summed E-state index contributed by atoms with van der Waals surface area (Å²) < 4.78 is 11.5. The maximum atomic E-state index is 5.91. The van der Waals surface area contributed by atoms with Gasteiger partial charge in [-0.15, -0.1) is 0 Å². The van der Waals surface area contributed by atoms with E-state index in [4.69, 9.17) is 8.85 Å². The van der Waals surface area contributed by atoms with Crippen molar-refractivity contribution in [1.82, 2.24) is 5.32 Å². The molecule has 0 fully saturated rings. The first-order valence-electron chi connectivity index (χ1n) is 6.12. The van der Waals surface area contributed by atoms with Gasteiger partial charge >= 0.3 is 8.56 Å². The van der Waals surface area contributed by atoms with Gasteiger partial charge in [0.05, 0.1) is 6.23 Å². The highest BCUT2D eigenvalue weighted by atomic mass is 28.4. The predicted molar refractivity (Wildman–Crippen MR) is 72.9 cm³/mol. The highest BCUT2D eigenvalue weighted by Gasteiger charge is 2.26. The Hall–Kier alpha value is -0.683. The van der Waals surface area contributed by atoms with Gasteiger partial charge in [-0.25, -0.2) is 0 Å². The van der Waals surface area contributed by atoms with E-state index in [1.807, 2.05) is 32.0 Å². The fourth-order valence-electron chi connectivity index (χ4n) is 1.71. The van der Waals surface area contributed by atoms with Crippen molar-refractivity contribution in [2.75, 3.05) is 6.61 Å². The predicted octanol–water partition coefficient (Wildman–Crippen LogP) is 2.88. The van der Waals surface area contributed by atoms with Crippen LogP contribution in [0.1, 0.15) is 19.4 Å². The number of benzene rings is 1. The molecule has 0 radical (unpaired) electrons. The quantitative estimate of drug-likeness (QED) is 0.599. The molecule has 0 amide bonds. The zero-order chi connectivity index (χ0) is 12.7. The summed E-state index contributed by atoms with van der Waals surface area (Å²) in [5, 5.41) is 3.35. The van der Waals surface area contributed by atoms with Crippen molar-refractivity contribution in [3.63, 3.8) is 0 Å². The largest absolute Gasteiger partial charge is 0.395 e. The molecule has 0 saturated carbocycles. The average Bonchev–Trinajstić information content (AvgIpc) is 2.27. The zero-order valence-corrected chi connectivity index (χ0v) is 12.2. The summed E-state index contributed by atoms with van der Waals surface area (Å²) in [5.41, 5.74) is 1.26. The summed E-state index contributed by atoms with van der Waals surface area (Å²) in [7, 11) is -1.97. The van der Waals surface area contributed by atoms with Crippen LogP contribution in [0.2, 0.25) is 13.1 Å². The number of nitrogens with one attached hydrogen (secondary N) is 1. The van der Waals surface area contributed by atoms with Gasteiger partial charge in [-0.3, -0.25) is 5.32 Å². The Morgan fingerprint density at radius 3 is 2.47 bits per heavy atom. The van der Waals surface area contributed by atoms with E-state index < -0.39 is 8.56 Å². The molecule has 17 heavy (non-hydrogen) atoms. The van der Waals surface area contributed by atoms with Gasteiger partial charge in [0.2, 0.25) is 0 Å². The summed E-state index contributed by atoms with van der Waals surface area (Å²) in [4.78, 5) is 0. The maximum Gasteiger partial charge on any atom is 0.332 e. The number of rotatable bonds is 7. The first-order valence-corrected chi connectivity index (χ1v) is 8.94. The van der Waals surface area contributed by atoms with Crippen molar-refractivity contribution in [1.29, 1.82) is 0 Å². The molecule has 1 aromatic rings. The SMILES string of the molecule is CCO[Si](C)(C)OC(C)NCc1ccccc1. The van der Waals surface area contributed by atoms with Gasteiger partial charge in [0, 0.05) is 13.2 Å². The monoisotopic (exact) mass is 253 g/mol. The zero-order valence-electron chi connectivity index (χ0n) is 11.2. The third-order valence-corrected chi connectivity index (χ3v) is 4.29. The minimum absolute atomic E-state index is 0.0171. The Morgan fingerprint density at radius 2 is 1.88 bits per heavy atom. The fourth-order valence-corrected chi connectivity index (χ4v) is 3.40. The fraction of sp³-hybridized carbons (Fsp3) is 0.538. The van der Waals surface area contributed by atoms with Gasteiger partial charge < -0.3 is 8.85 Å². The average molecular weight is 253 g/mol. The van der Waals surface area contributed by atoms with E-state index in [0.717, 1.165) is 6.54 Å². The van der Waals surface area contributed by atoms with Crippen molar-refractivity contribution in [3.05, 3.63) is 35.9 Å². The van der Waals surface area contributed by atoms with E-state index in [1.165, 1.54) is 5.56 Å². The van der Waals surface area contributed by atoms with Crippen LogP contribution in [0.3, 0.4) is 0 Å². The van der Waals surface area contributed by atoms with Crippen LogP contribution in [-0.2, 0) is 15.4 Å². The van der Waals surface area contributed by atoms with E-state index in [0.29, 0.717) is 6.61 Å². The van der Waals surface area contributed by atoms with Crippen molar-refractivity contribution in [3.8, 4) is 0 Å². The molecule has 0 heterocycles. The summed E-state index contributed by atoms with van der Waals surface area (Å²) >= 11 is 0. The summed E-state index contributed by atoms with van der Waals surface area (Å²) in [6.45, 7) is 9.69. The Kier molecular flexibility index (Phi) is 5.84. The minimum Gasteiger partial charge on any atom is -0.395 e. The standard InChI is InChI=1S/C13H23NO2Si/c1-5-15-17(3,4)16-12(2)14-11-13-9-7-6-8-10-13/h6-10,12,14H,5,11H2,1-4H3. The highest BCUT2D eigenvalue weighted by Crippen LogP contribution is 2.09. The van der Waals surface area contributed by atoms with Crippen LogP contribution < -0.4 is 5.32 Å². The molecule has 1 N–H and O–H groups in total. The summed E-state index contributed by atoms with van der Waals surface area (Å²) in [6.07, 6.45) is 0.0171. The maximum absolute atomic E-state index is 5.91. The molecule has 0 spiro atoms. The molecule has 0 aliphatic heterocycles. The lowest BCUT2D eigenvalue weighted by Gasteiger charge is -2.27. The van der Waals surface area contributed by atoms with Crippen molar-refractivity contribution in [2.24, 2.45) is 0 Å². The Labute approximate surface area is 105 Å². The minimum atomic E-state index is -1.97. The molecule has 0 aliphatic rings. The molecule has 0 bridgehead atoms. The van der Waals surface area contributed by atoms with Gasteiger partial charge in [0.15, 0.2) is 0 Å². The molecule has 1 unspecified atom stereocenters. The van der Waals surface area contributed by atoms with E-state index >= 15 is 0 Å². The van der Waals surface area contributed by atoms with Crippen LogP contribution in [0.5, 0.6) is 0 Å². The molecule has 96 valence electrons. The van der Waals surface area contributed by atoms with Crippen molar-refractivity contribution < 1.29 is 8.85 Å². The third kappa shape index (κ3) is 5.98. The lowest BCUT2D eigenvalue weighted by Crippen LogP contribution is -2.43. The van der Waals surface area contributed by atoms with Crippen molar-refractivity contribution >= 4 is 8.56 Å². The highest BCUT2D eigenvalue weighted by molar-refractivity contribution is 6.64. The Morgan fingerprint density at radius 1 is 1.24 bits per heavy atom. The molecule has 1 atom stereocenters. The van der Waals surface area contributed by atoms with Gasteiger partial charge in [-0.2, -0.15) is 0 Å². The van der Waals surface area contributed by atoms with Crippen LogP contribution >= 0.6 is 0 Å². The molecule has 0 aliphatic carbocycles. The van der Waals surface area contributed by atoms with E-state index in [9.17, 15) is 0 Å². The molecule has 4 heteroatoms. The van der Waals surface area contributed by atoms with Crippen LogP contribution in [0.4, 0.5) is 0 Å². The van der Waals surface area contributed by atoms with Crippen LogP contribution in [0.25, 0.3) is 0 Å². The van der Waals surface area contributed by atoms with Gasteiger partial charge in [0.25, 0.3) is 0 Å². The van der Waals surface area contributed by atoms with E-state index in [-0.39, 0.29) is 6.23 Å². The molecular weight excluding hydrogens is 230 g/mol. The van der Waals surface area contributed by atoms with E-state index in [2.05, 4.69) is 30.5 Å². The molecule has 1 rings (SSSR count). The third-order valence-electron chi connectivity index (χ3n) is 2.39. The lowest BCUT2D eigenvalue weighted by molar-refractivity contribution is 0.111. The first-order chi connectivity index (χ1) is 8.03. The summed E-state index contributed by atoms with van der Waals surface area (Å²) in [5.74, 6) is 0. The molecule has 3 nitrogen and oxygen atoms in total. The van der Waals surface area contributed by atoms with Crippen molar-refractivity contribution in [2.45, 2.75) is 39.7 Å². The molecule has 0 aromatic heterocycles. The summed E-state index contributed by atoms with van der Waals surface area (Å²) in [6, 6.07) is 10.3. The number of hydrogen-bond acceptors (Lipinski definition) is 3. The van der Waals surface area contributed by atoms with Crippen LogP contribution in [0, 0.1) is 0 Å². The van der Waals surface area contributed by atoms with Gasteiger partial charge in [-0.05, 0) is 32.5 Å². The smallest absolute Gasteiger partial charge is 0.332 e. The molecule has 1 aromatic carbocycles. The normalized spacial score (nSPS) is 13.6. The van der Waals surface area contributed by atoms with Gasteiger partial charge in [0.1, 0.15) is 0 Å². The molecular formula is C13H23NO2Si. The molecule has 0 saturated heterocycles. The Balaban J connectivity index is 2.33. The Bertz CT molecular complexity index is 316. The van der Waals surface area contributed by atoms with Crippen LogP contribution in [0.15, 0.2) is 30.3 Å². The topological polar surface area (TPSA) is 30.5 Å². The number of hydrogen-bond donors (Lipinski definition) is 1. The van der Waals surface area contributed by atoms with E-state index in [1.54, 1.807) is 0 Å². The first kappa shape index (κ1) is 14.4. The van der Waals surface area contributed by atoms with Crippen LogP contribution in [-0.4, -0.2) is 21.4 Å². The van der Waals surface area contributed by atoms with Gasteiger partial charge in [-0.1, -0.05) is 30.3 Å². The second kappa shape index (κ2) is 6.91. The second-order valence-electron chi connectivity index (χ2n) is 4.46. The second-order valence-corrected chi connectivity index (χ2v) is 7.78.